The minimum atomic E-state index is -1.38. The molecule has 2 N–H and O–H groups in total. The molecule has 2 heterocycles. The van der Waals surface area contributed by atoms with Gasteiger partial charge in [0.2, 0.25) is 5.82 Å². The fourth-order valence-electron chi connectivity index (χ4n) is 2.23. The molecule has 21 heavy (non-hydrogen) atoms. The standard InChI is InChI=1S/C13H13Cl2N3O3/c1-12(5-19)6-20-13(21-12,11-16-7-17-18-11)9-3-2-8(14)4-10(9)15/h2-4,7,19H,5-6H2,1H3,(H,16,17,18). The molecule has 1 saturated heterocycles. The highest BCUT2D eigenvalue weighted by atomic mass is 35.5. The van der Waals surface area contributed by atoms with Crippen molar-refractivity contribution in [3.05, 3.63) is 46.0 Å². The lowest BCUT2D eigenvalue weighted by atomic mass is 10.0. The van der Waals surface area contributed by atoms with Crippen LogP contribution in [0.15, 0.2) is 24.5 Å². The van der Waals surface area contributed by atoms with Gasteiger partial charge in [0.15, 0.2) is 0 Å². The third-order valence-electron chi connectivity index (χ3n) is 3.30. The number of rotatable bonds is 3. The molecule has 6 nitrogen and oxygen atoms in total. The normalized spacial score (nSPS) is 29.0. The van der Waals surface area contributed by atoms with Crippen LogP contribution in [-0.4, -0.2) is 39.1 Å². The molecule has 2 aromatic rings. The summed E-state index contributed by atoms with van der Waals surface area (Å²) in [6, 6.07) is 4.97. The van der Waals surface area contributed by atoms with Crippen molar-refractivity contribution in [1.82, 2.24) is 15.2 Å². The molecule has 8 heteroatoms. The number of hydrogen-bond donors (Lipinski definition) is 2. The van der Waals surface area contributed by atoms with Gasteiger partial charge in [0, 0.05) is 10.6 Å². The SMILES string of the molecule is CC1(CO)COC(c2nc[nH]n2)(c2ccc(Cl)cc2Cl)O1. The van der Waals surface area contributed by atoms with E-state index in [4.69, 9.17) is 32.7 Å². The zero-order valence-corrected chi connectivity index (χ0v) is 12.6. The Balaban J connectivity index is 2.14. The van der Waals surface area contributed by atoms with Crippen LogP contribution in [0.4, 0.5) is 0 Å². The molecular weight excluding hydrogens is 317 g/mol. The Hall–Kier alpha value is -1.18. The molecule has 112 valence electrons. The second-order valence-electron chi connectivity index (χ2n) is 5.06. The maximum Gasteiger partial charge on any atom is 0.262 e. The largest absolute Gasteiger partial charge is 0.393 e. The zero-order chi connectivity index (χ0) is 15.1. The lowest BCUT2D eigenvalue weighted by Crippen LogP contribution is -2.37. The van der Waals surface area contributed by atoms with Gasteiger partial charge in [0.1, 0.15) is 11.9 Å². The van der Waals surface area contributed by atoms with Crippen LogP contribution in [0.25, 0.3) is 0 Å². The fourth-order valence-corrected chi connectivity index (χ4v) is 2.76. The molecule has 1 aromatic carbocycles. The Kier molecular flexibility index (Phi) is 3.67. The number of aliphatic hydroxyl groups is 1. The predicted molar refractivity (Wildman–Crippen MR) is 76.2 cm³/mol. The maximum absolute atomic E-state index is 9.51. The third kappa shape index (κ3) is 2.43. The summed E-state index contributed by atoms with van der Waals surface area (Å²) in [6.45, 7) is 1.71. The molecule has 1 aliphatic rings. The molecule has 1 aromatic heterocycles. The van der Waals surface area contributed by atoms with Crippen molar-refractivity contribution in [1.29, 1.82) is 0 Å². The fraction of sp³-hybridized carbons (Fsp3) is 0.385. The molecule has 2 unspecified atom stereocenters. The molecular formula is C13H13Cl2N3O3. The first kappa shape index (κ1) is 14.7. The van der Waals surface area contributed by atoms with Gasteiger partial charge in [0.05, 0.1) is 18.2 Å². The van der Waals surface area contributed by atoms with Crippen molar-refractivity contribution in [3.63, 3.8) is 0 Å². The average Bonchev–Trinajstić information content (AvgIpc) is 3.08. The molecule has 3 rings (SSSR count). The average molecular weight is 330 g/mol. The third-order valence-corrected chi connectivity index (χ3v) is 3.85. The van der Waals surface area contributed by atoms with E-state index >= 15 is 0 Å². The second kappa shape index (κ2) is 5.23. The number of aromatic nitrogens is 3. The number of benzene rings is 1. The number of nitrogens with zero attached hydrogens (tertiary/aromatic N) is 2. The number of aliphatic hydroxyl groups excluding tert-OH is 1. The van der Waals surface area contributed by atoms with Gasteiger partial charge < -0.3 is 14.6 Å². The number of ether oxygens (including phenoxy) is 2. The van der Waals surface area contributed by atoms with Crippen molar-refractivity contribution in [3.8, 4) is 0 Å². The van der Waals surface area contributed by atoms with Crippen LogP contribution >= 0.6 is 23.2 Å². The second-order valence-corrected chi connectivity index (χ2v) is 5.91. The van der Waals surface area contributed by atoms with Gasteiger partial charge in [-0.05, 0) is 19.1 Å². The van der Waals surface area contributed by atoms with Crippen LogP contribution < -0.4 is 0 Å². The van der Waals surface area contributed by atoms with Crippen LogP contribution in [0.1, 0.15) is 18.3 Å². The van der Waals surface area contributed by atoms with Gasteiger partial charge in [-0.15, -0.1) is 0 Å². The summed E-state index contributed by atoms with van der Waals surface area (Å²) < 4.78 is 11.8. The summed E-state index contributed by atoms with van der Waals surface area (Å²) in [6.07, 6.45) is 1.42. The van der Waals surface area contributed by atoms with E-state index in [0.29, 0.717) is 15.6 Å². The van der Waals surface area contributed by atoms with E-state index in [1.54, 1.807) is 25.1 Å². The Morgan fingerprint density at radius 3 is 2.81 bits per heavy atom. The molecule has 1 aliphatic heterocycles. The summed E-state index contributed by atoms with van der Waals surface area (Å²) in [5, 5.41) is 17.0. The van der Waals surface area contributed by atoms with Crippen molar-refractivity contribution >= 4 is 23.2 Å². The molecule has 0 amide bonds. The quantitative estimate of drug-likeness (QED) is 0.901. The molecule has 0 spiro atoms. The van der Waals surface area contributed by atoms with E-state index in [1.165, 1.54) is 6.33 Å². The van der Waals surface area contributed by atoms with Crippen molar-refractivity contribution in [2.75, 3.05) is 13.2 Å². The highest BCUT2D eigenvalue weighted by Crippen LogP contribution is 2.45. The van der Waals surface area contributed by atoms with Crippen molar-refractivity contribution in [2.45, 2.75) is 18.3 Å². The Bertz CT molecular complexity index is 652. The Morgan fingerprint density at radius 1 is 1.43 bits per heavy atom. The lowest BCUT2D eigenvalue weighted by molar-refractivity contribution is -0.173. The Morgan fingerprint density at radius 2 is 2.24 bits per heavy atom. The molecule has 0 bridgehead atoms. The van der Waals surface area contributed by atoms with E-state index in [2.05, 4.69) is 15.2 Å². The van der Waals surface area contributed by atoms with Crippen LogP contribution in [0.5, 0.6) is 0 Å². The number of aromatic amines is 1. The molecule has 1 fully saturated rings. The highest BCUT2D eigenvalue weighted by Gasteiger charge is 2.53. The van der Waals surface area contributed by atoms with E-state index < -0.39 is 11.4 Å². The van der Waals surface area contributed by atoms with Gasteiger partial charge >= 0.3 is 0 Å². The maximum atomic E-state index is 9.51. The summed E-state index contributed by atoms with van der Waals surface area (Å²) >= 11 is 12.2. The van der Waals surface area contributed by atoms with Crippen LogP contribution in [0.2, 0.25) is 10.0 Å². The molecule has 0 aliphatic carbocycles. The Labute approximate surface area is 131 Å². The van der Waals surface area contributed by atoms with Crippen LogP contribution in [0, 0.1) is 0 Å². The van der Waals surface area contributed by atoms with Crippen molar-refractivity contribution < 1.29 is 14.6 Å². The van der Waals surface area contributed by atoms with Gasteiger partial charge in [-0.2, -0.15) is 5.10 Å². The number of hydrogen-bond acceptors (Lipinski definition) is 5. The highest BCUT2D eigenvalue weighted by molar-refractivity contribution is 6.35. The number of halogens is 2. The minimum Gasteiger partial charge on any atom is -0.393 e. The molecule has 0 saturated carbocycles. The van der Waals surface area contributed by atoms with Gasteiger partial charge in [0.25, 0.3) is 5.79 Å². The smallest absolute Gasteiger partial charge is 0.262 e. The first-order valence-corrected chi connectivity index (χ1v) is 7.01. The van der Waals surface area contributed by atoms with E-state index in [1.807, 2.05) is 0 Å². The van der Waals surface area contributed by atoms with Gasteiger partial charge in [-0.3, -0.25) is 5.10 Å². The monoisotopic (exact) mass is 329 g/mol. The summed E-state index contributed by atoms with van der Waals surface area (Å²) in [7, 11) is 0. The number of nitrogens with one attached hydrogen (secondary N) is 1. The molecule has 2 atom stereocenters. The van der Waals surface area contributed by atoms with Gasteiger partial charge in [-0.25, -0.2) is 4.98 Å². The van der Waals surface area contributed by atoms with Crippen LogP contribution in [0.3, 0.4) is 0 Å². The summed E-state index contributed by atoms with van der Waals surface area (Å²) in [4.78, 5) is 4.12. The van der Waals surface area contributed by atoms with Crippen LogP contribution in [-0.2, 0) is 15.3 Å². The number of H-pyrrole nitrogens is 1. The van der Waals surface area contributed by atoms with Crippen molar-refractivity contribution in [2.24, 2.45) is 0 Å². The van der Waals surface area contributed by atoms with E-state index in [-0.39, 0.29) is 19.0 Å². The van der Waals surface area contributed by atoms with E-state index in [9.17, 15) is 5.11 Å². The van der Waals surface area contributed by atoms with Gasteiger partial charge in [-0.1, -0.05) is 29.3 Å². The minimum absolute atomic E-state index is 0.178. The molecule has 0 radical (unpaired) electrons. The zero-order valence-electron chi connectivity index (χ0n) is 11.1. The first-order chi connectivity index (χ1) is 9.99. The lowest BCUT2D eigenvalue weighted by Gasteiger charge is -2.28. The topological polar surface area (TPSA) is 80.3 Å². The first-order valence-electron chi connectivity index (χ1n) is 6.26. The predicted octanol–water partition coefficient (Wildman–Crippen LogP) is 2.11. The summed E-state index contributed by atoms with van der Waals surface area (Å²) in [5.74, 6) is -1.09. The summed E-state index contributed by atoms with van der Waals surface area (Å²) in [5.41, 5.74) is -0.339. The van der Waals surface area contributed by atoms with E-state index in [0.717, 1.165) is 0 Å².